The third-order valence-electron chi connectivity index (χ3n) is 3.58. The molecule has 22 heavy (non-hydrogen) atoms. The van der Waals surface area contributed by atoms with Crippen molar-refractivity contribution in [2.24, 2.45) is 0 Å². The van der Waals surface area contributed by atoms with Gasteiger partial charge in [-0.2, -0.15) is 0 Å². The zero-order valence-electron chi connectivity index (χ0n) is 13.0. The van der Waals surface area contributed by atoms with Crippen molar-refractivity contribution in [1.29, 1.82) is 0 Å². The molecule has 0 aliphatic heterocycles. The monoisotopic (exact) mass is 321 g/mol. The molecule has 1 aromatic heterocycles. The fraction of sp³-hybridized carbons (Fsp3) is 0.400. The number of thiazole rings is 1. The fourth-order valence-corrected chi connectivity index (χ4v) is 3.13. The fourth-order valence-electron chi connectivity index (χ4n) is 2.02. The summed E-state index contributed by atoms with van der Waals surface area (Å²) in [4.78, 5) is 28.6. The number of aromatic nitrogens is 1. The largest absolute Gasteiger partial charge is 0.358 e. The molecule has 7 heteroatoms. The second-order valence-electron chi connectivity index (χ2n) is 5.21. The van der Waals surface area contributed by atoms with Crippen LogP contribution in [0.2, 0.25) is 0 Å². The van der Waals surface area contributed by atoms with Gasteiger partial charge >= 0.3 is 0 Å². The number of rotatable bonds is 6. The molecule has 2 aromatic rings. The highest BCUT2D eigenvalue weighted by molar-refractivity contribution is 7.18. The smallest absolute Gasteiger partial charge is 0.275 e. The highest BCUT2D eigenvalue weighted by atomic mass is 32.1. The van der Waals surface area contributed by atoms with E-state index in [9.17, 15) is 9.59 Å². The van der Waals surface area contributed by atoms with Gasteiger partial charge < -0.3 is 15.5 Å². The summed E-state index contributed by atoms with van der Waals surface area (Å²) in [6.07, 6.45) is 0. The van der Waals surface area contributed by atoms with Gasteiger partial charge in [0, 0.05) is 7.05 Å². The Morgan fingerprint density at radius 1 is 1.32 bits per heavy atom. The lowest BCUT2D eigenvalue weighted by molar-refractivity contribution is -0.902. The van der Waals surface area contributed by atoms with E-state index in [1.165, 1.54) is 0 Å². The topological polar surface area (TPSA) is 75.5 Å². The van der Waals surface area contributed by atoms with Gasteiger partial charge in [-0.1, -0.05) is 12.1 Å². The summed E-state index contributed by atoms with van der Waals surface area (Å²) in [5.74, 6) is -0.348. The van der Waals surface area contributed by atoms with Gasteiger partial charge in [-0.25, -0.2) is 4.98 Å². The molecular formula is C15H21N4O2S+. The number of likely N-dealkylation sites (N-methyl/N-ethyl adjacent to an activating group) is 2. The van der Waals surface area contributed by atoms with E-state index in [2.05, 4.69) is 28.6 Å². The number of hydrogen-bond acceptors (Lipinski definition) is 4. The number of amides is 2. The minimum atomic E-state index is -0.203. The highest BCUT2D eigenvalue weighted by Gasteiger charge is 2.22. The van der Waals surface area contributed by atoms with E-state index >= 15 is 0 Å². The molecule has 0 fully saturated rings. The van der Waals surface area contributed by atoms with Crippen LogP contribution in [0.1, 0.15) is 18.0 Å². The number of carbonyl (C=O) groups is 2. The van der Waals surface area contributed by atoms with Gasteiger partial charge in [-0.05, 0) is 19.1 Å². The van der Waals surface area contributed by atoms with Gasteiger partial charge in [0.15, 0.2) is 11.6 Å². The first-order chi connectivity index (χ1) is 10.5. The highest BCUT2D eigenvalue weighted by Crippen LogP contribution is 2.24. The van der Waals surface area contributed by atoms with E-state index in [1.807, 2.05) is 25.2 Å². The van der Waals surface area contributed by atoms with Crippen LogP contribution < -0.4 is 15.5 Å². The Bertz CT molecular complexity index is 637. The Morgan fingerprint density at radius 3 is 2.73 bits per heavy atom. The normalized spacial score (nSPS) is 13.6. The van der Waals surface area contributed by atoms with Crippen LogP contribution in [0.25, 0.3) is 10.2 Å². The first kappa shape index (κ1) is 16.4. The second kappa shape index (κ2) is 7.33. The third-order valence-corrected chi connectivity index (χ3v) is 4.80. The molecule has 0 saturated heterocycles. The van der Waals surface area contributed by atoms with E-state index in [0.29, 0.717) is 6.54 Å². The SMILES string of the molecule is CNC(=O)CNC(=O)C[NH+](C)[C@@H](C)c1nc2ccccc2s1. The zero-order valence-corrected chi connectivity index (χ0v) is 13.8. The van der Waals surface area contributed by atoms with Crippen molar-refractivity contribution in [3.63, 3.8) is 0 Å². The molecule has 6 nitrogen and oxygen atoms in total. The molecule has 0 spiro atoms. The molecular weight excluding hydrogens is 300 g/mol. The molecule has 3 N–H and O–H groups in total. The van der Waals surface area contributed by atoms with Crippen LogP contribution in [-0.4, -0.2) is 44.0 Å². The van der Waals surface area contributed by atoms with Crippen LogP contribution in [0, 0.1) is 0 Å². The predicted octanol–water partition coefficient (Wildman–Crippen LogP) is -0.266. The minimum absolute atomic E-state index is 0.0120. The van der Waals surface area contributed by atoms with Crippen LogP contribution in [0.15, 0.2) is 24.3 Å². The molecule has 2 amide bonds. The average molecular weight is 321 g/mol. The summed E-state index contributed by atoms with van der Waals surface area (Å²) < 4.78 is 1.15. The number of carbonyl (C=O) groups excluding carboxylic acids is 2. The van der Waals surface area contributed by atoms with Crippen LogP contribution in [0.3, 0.4) is 0 Å². The van der Waals surface area contributed by atoms with Crippen LogP contribution in [0.5, 0.6) is 0 Å². The maximum atomic E-state index is 11.9. The summed E-state index contributed by atoms with van der Waals surface area (Å²) in [7, 11) is 3.50. The maximum Gasteiger partial charge on any atom is 0.275 e. The van der Waals surface area contributed by atoms with Crippen molar-refractivity contribution < 1.29 is 14.5 Å². The summed E-state index contributed by atoms with van der Waals surface area (Å²) >= 11 is 1.65. The molecule has 0 aliphatic carbocycles. The van der Waals surface area contributed by atoms with E-state index < -0.39 is 0 Å². The summed E-state index contributed by atoms with van der Waals surface area (Å²) in [5, 5.41) is 6.09. The zero-order chi connectivity index (χ0) is 16.1. The van der Waals surface area contributed by atoms with Gasteiger partial charge in [0.25, 0.3) is 5.91 Å². The Labute approximate surface area is 133 Å². The number of hydrogen-bond donors (Lipinski definition) is 3. The molecule has 2 atom stereocenters. The van der Waals surface area contributed by atoms with Crippen LogP contribution in [0.4, 0.5) is 0 Å². The number of benzene rings is 1. The lowest BCUT2D eigenvalue weighted by Gasteiger charge is -2.19. The molecule has 1 unspecified atom stereocenters. The number of nitrogens with zero attached hydrogens (tertiary/aromatic N) is 1. The van der Waals surface area contributed by atoms with E-state index in [0.717, 1.165) is 20.1 Å². The van der Waals surface area contributed by atoms with E-state index in [4.69, 9.17) is 0 Å². The van der Waals surface area contributed by atoms with Crippen molar-refractivity contribution in [2.45, 2.75) is 13.0 Å². The number of fused-ring (bicyclic) bond motifs is 1. The Balaban J connectivity index is 1.95. The quantitative estimate of drug-likeness (QED) is 0.686. The third kappa shape index (κ3) is 4.02. The van der Waals surface area contributed by atoms with Crippen molar-refractivity contribution in [1.82, 2.24) is 15.6 Å². The molecule has 1 aromatic carbocycles. The van der Waals surface area contributed by atoms with Crippen molar-refractivity contribution in [3.05, 3.63) is 29.3 Å². The van der Waals surface area contributed by atoms with Crippen molar-refractivity contribution in [3.8, 4) is 0 Å². The Hall–Kier alpha value is -1.99. The molecule has 0 bridgehead atoms. The second-order valence-corrected chi connectivity index (χ2v) is 6.28. The van der Waals surface area contributed by atoms with Crippen molar-refractivity contribution >= 4 is 33.4 Å². The molecule has 1 heterocycles. The van der Waals surface area contributed by atoms with Gasteiger partial charge in [0.05, 0.1) is 23.8 Å². The van der Waals surface area contributed by atoms with E-state index in [-0.39, 0.29) is 24.4 Å². The number of quaternary nitrogens is 1. The summed E-state index contributed by atoms with van der Waals surface area (Å²) in [6.45, 7) is 2.37. The minimum Gasteiger partial charge on any atom is -0.358 e. The molecule has 118 valence electrons. The van der Waals surface area contributed by atoms with Gasteiger partial charge in [-0.15, -0.1) is 11.3 Å². The first-order valence-electron chi connectivity index (χ1n) is 7.16. The number of para-hydroxylation sites is 1. The lowest BCUT2D eigenvalue weighted by Crippen LogP contribution is -3.10. The van der Waals surface area contributed by atoms with Crippen LogP contribution >= 0.6 is 11.3 Å². The molecule has 0 saturated carbocycles. The van der Waals surface area contributed by atoms with Gasteiger partial charge in [0.1, 0.15) is 6.04 Å². The molecule has 0 aliphatic rings. The van der Waals surface area contributed by atoms with Gasteiger partial charge in [-0.3, -0.25) is 9.59 Å². The Morgan fingerprint density at radius 2 is 2.05 bits per heavy atom. The van der Waals surface area contributed by atoms with Gasteiger partial charge in [0.2, 0.25) is 5.91 Å². The number of nitrogens with one attached hydrogen (secondary N) is 3. The van der Waals surface area contributed by atoms with Crippen LogP contribution in [-0.2, 0) is 9.59 Å². The Kier molecular flexibility index (Phi) is 5.46. The summed E-state index contributed by atoms with van der Waals surface area (Å²) in [5.41, 5.74) is 0.992. The molecule has 0 radical (unpaired) electrons. The average Bonchev–Trinajstić information content (AvgIpc) is 2.95. The maximum absolute atomic E-state index is 11.9. The predicted molar refractivity (Wildman–Crippen MR) is 86.9 cm³/mol. The first-order valence-corrected chi connectivity index (χ1v) is 7.98. The lowest BCUT2D eigenvalue weighted by atomic mass is 10.3. The molecule has 2 rings (SSSR count). The standard InChI is InChI=1S/C15H20N4O2S/c1-10(15-18-11-6-4-5-7-12(11)22-15)19(3)9-14(21)17-8-13(20)16-2/h4-7,10H,8-9H2,1-3H3,(H,16,20)(H,17,21)/p+1/t10-/m0/s1. The summed E-state index contributed by atoms with van der Waals surface area (Å²) in [6, 6.07) is 8.13. The van der Waals surface area contributed by atoms with E-state index in [1.54, 1.807) is 18.4 Å². The van der Waals surface area contributed by atoms with Crippen molar-refractivity contribution in [2.75, 3.05) is 27.2 Å².